The van der Waals surface area contributed by atoms with Gasteiger partial charge in [-0.15, -0.1) is 11.3 Å². The van der Waals surface area contributed by atoms with E-state index in [1.807, 2.05) is 0 Å². The molecule has 2 nitrogen and oxygen atoms in total. The standard InChI is InChI=1S/C9H8FNOS/c1-12-8-4-13-9-6(8)2-5(11)3-7(9)10/h2-4H,11H2,1H3. The predicted molar refractivity (Wildman–Crippen MR) is 52.7 cm³/mol. The summed E-state index contributed by atoms with van der Waals surface area (Å²) in [4.78, 5) is 0. The lowest BCUT2D eigenvalue weighted by molar-refractivity contribution is 0.421. The maximum absolute atomic E-state index is 13.3. The zero-order valence-electron chi connectivity index (χ0n) is 7.00. The third kappa shape index (κ3) is 1.23. The Morgan fingerprint density at radius 1 is 1.46 bits per heavy atom. The summed E-state index contributed by atoms with van der Waals surface area (Å²) >= 11 is 1.32. The summed E-state index contributed by atoms with van der Waals surface area (Å²) < 4.78 is 18.9. The third-order valence-electron chi connectivity index (χ3n) is 1.84. The number of hydrogen-bond donors (Lipinski definition) is 1. The molecule has 0 aliphatic heterocycles. The fourth-order valence-corrected chi connectivity index (χ4v) is 2.16. The van der Waals surface area contributed by atoms with E-state index in [-0.39, 0.29) is 5.82 Å². The van der Waals surface area contributed by atoms with E-state index < -0.39 is 0 Å². The highest BCUT2D eigenvalue weighted by Gasteiger charge is 2.09. The Hall–Kier alpha value is -1.29. The Morgan fingerprint density at radius 3 is 2.92 bits per heavy atom. The summed E-state index contributed by atoms with van der Waals surface area (Å²) in [6.07, 6.45) is 0. The van der Waals surface area contributed by atoms with Crippen LogP contribution in [-0.4, -0.2) is 7.11 Å². The molecule has 0 radical (unpaired) electrons. The van der Waals surface area contributed by atoms with E-state index in [4.69, 9.17) is 10.5 Å². The van der Waals surface area contributed by atoms with E-state index in [2.05, 4.69) is 0 Å². The Labute approximate surface area is 78.7 Å². The van der Waals surface area contributed by atoms with Gasteiger partial charge in [0.1, 0.15) is 11.6 Å². The number of nitrogens with two attached hydrogens (primary N) is 1. The molecule has 0 saturated carbocycles. The van der Waals surface area contributed by atoms with Crippen LogP contribution in [0.25, 0.3) is 10.1 Å². The number of ether oxygens (including phenoxy) is 1. The van der Waals surface area contributed by atoms with E-state index in [0.717, 1.165) is 5.39 Å². The van der Waals surface area contributed by atoms with Crippen LogP contribution in [-0.2, 0) is 0 Å². The first-order valence-electron chi connectivity index (χ1n) is 3.72. The van der Waals surface area contributed by atoms with Crippen LogP contribution in [0.15, 0.2) is 17.5 Å². The van der Waals surface area contributed by atoms with Gasteiger partial charge in [0.15, 0.2) is 0 Å². The normalized spacial score (nSPS) is 10.6. The van der Waals surface area contributed by atoms with Crippen molar-refractivity contribution in [2.75, 3.05) is 12.8 Å². The molecule has 13 heavy (non-hydrogen) atoms. The molecule has 0 aliphatic rings. The fraction of sp³-hybridized carbons (Fsp3) is 0.111. The molecule has 2 aromatic rings. The summed E-state index contributed by atoms with van der Waals surface area (Å²) in [5.74, 6) is 0.384. The van der Waals surface area contributed by atoms with E-state index in [1.165, 1.54) is 17.4 Å². The second-order valence-electron chi connectivity index (χ2n) is 2.68. The maximum atomic E-state index is 13.3. The van der Waals surface area contributed by atoms with E-state index in [0.29, 0.717) is 16.1 Å². The number of thiophene rings is 1. The number of rotatable bonds is 1. The van der Waals surface area contributed by atoms with Crippen LogP contribution >= 0.6 is 11.3 Å². The highest BCUT2D eigenvalue weighted by molar-refractivity contribution is 7.17. The van der Waals surface area contributed by atoms with Crippen molar-refractivity contribution in [3.63, 3.8) is 0 Å². The first-order chi connectivity index (χ1) is 6.22. The average molecular weight is 197 g/mol. The second kappa shape index (κ2) is 2.88. The summed E-state index contributed by atoms with van der Waals surface area (Å²) in [5.41, 5.74) is 5.93. The molecule has 1 heterocycles. The van der Waals surface area contributed by atoms with Gasteiger partial charge in [-0.05, 0) is 12.1 Å². The molecule has 1 aromatic heterocycles. The van der Waals surface area contributed by atoms with Crippen LogP contribution in [0.4, 0.5) is 10.1 Å². The van der Waals surface area contributed by atoms with Gasteiger partial charge in [0.05, 0.1) is 11.8 Å². The van der Waals surface area contributed by atoms with Gasteiger partial charge in [0.25, 0.3) is 0 Å². The predicted octanol–water partition coefficient (Wildman–Crippen LogP) is 2.63. The SMILES string of the molecule is COc1csc2c(F)cc(N)cc12. The van der Waals surface area contributed by atoms with Gasteiger partial charge >= 0.3 is 0 Å². The molecule has 0 spiro atoms. The van der Waals surface area contributed by atoms with Crippen molar-refractivity contribution < 1.29 is 9.13 Å². The van der Waals surface area contributed by atoms with Crippen molar-refractivity contribution in [1.29, 1.82) is 0 Å². The fourth-order valence-electron chi connectivity index (χ4n) is 1.25. The number of anilines is 1. The Kier molecular flexibility index (Phi) is 1.84. The molecule has 0 saturated heterocycles. The highest BCUT2D eigenvalue weighted by atomic mass is 32.1. The van der Waals surface area contributed by atoms with Gasteiger partial charge in [-0.3, -0.25) is 0 Å². The lowest BCUT2D eigenvalue weighted by atomic mass is 10.2. The van der Waals surface area contributed by atoms with Crippen molar-refractivity contribution in [3.8, 4) is 5.75 Å². The van der Waals surface area contributed by atoms with Crippen molar-refractivity contribution in [3.05, 3.63) is 23.3 Å². The molecule has 0 unspecified atom stereocenters. The molecule has 0 fully saturated rings. The molecular weight excluding hydrogens is 189 g/mol. The first-order valence-corrected chi connectivity index (χ1v) is 4.60. The van der Waals surface area contributed by atoms with Crippen LogP contribution in [0.5, 0.6) is 5.75 Å². The zero-order chi connectivity index (χ0) is 9.42. The van der Waals surface area contributed by atoms with Gasteiger partial charge in [-0.1, -0.05) is 0 Å². The number of fused-ring (bicyclic) bond motifs is 1. The van der Waals surface area contributed by atoms with Crippen LogP contribution in [0, 0.1) is 5.82 Å². The van der Waals surface area contributed by atoms with Crippen molar-refractivity contribution in [1.82, 2.24) is 0 Å². The lowest BCUT2D eigenvalue weighted by Crippen LogP contribution is -1.87. The summed E-state index contributed by atoms with van der Waals surface area (Å²) in [6, 6.07) is 3.03. The van der Waals surface area contributed by atoms with Crippen molar-refractivity contribution in [2.24, 2.45) is 0 Å². The third-order valence-corrected chi connectivity index (χ3v) is 2.82. The average Bonchev–Trinajstić information content (AvgIpc) is 2.47. The molecule has 0 atom stereocenters. The largest absolute Gasteiger partial charge is 0.495 e. The van der Waals surface area contributed by atoms with Crippen LogP contribution in [0.2, 0.25) is 0 Å². The zero-order valence-corrected chi connectivity index (χ0v) is 7.82. The number of benzene rings is 1. The number of nitrogen functional groups attached to an aromatic ring is 1. The highest BCUT2D eigenvalue weighted by Crippen LogP contribution is 2.35. The minimum Gasteiger partial charge on any atom is -0.495 e. The monoisotopic (exact) mass is 197 g/mol. The van der Waals surface area contributed by atoms with Crippen molar-refractivity contribution in [2.45, 2.75) is 0 Å². The van der Waals surface area contributed by atoms with Crippen LogP contribution < -0.4 is 10.5 Å². The van der Waals surface area contributed by atoms with Crippen LogP contribution in [0.3, 0.4) is 0 Å². The van der Waals surface area contributed by atoms with Crippen molar-refractivity contribution >= 4 is 27.1 Å². The van der Waals surface area contributed by atoms with E-state index in [1.54, 1.807) is 18.6 Å². The van der Waals surface area contributed by atoms with Gasteiger partial charge in [0, 0.05) is 16.5 Å². The maximum Gasteiger partial charge on any atom is 0.143 e. The Bertz CT molecular complexity index is 452. The summed E-state index contributed by atoms with van der Waals surface area (Å²) in [5, 5.41) is 2.51. The number of hydrogen-bond acceptors (Lipinski definition) is 3. The smallest absolute Gasteiger partial charge is 0.143 e. The molecule has 68 valence electrons. The first kappa shape index (κ1) is 8.31. The van der Waals surface area contributed by atoms with Gasteiger partial charge in [0.2, 0.25) is 0 Å². The Balaban J connectivity index is 2.82. The lowest BCUT2D eigenvalue weighted by Gasteiger charge is -1.98. The van der Waals surface area contributed by atoms with E-state index in [9.17, 15) is 4.39 Å². The second-order valence-corrected chi connectivity index (χ2v) is 3.56. The van der Waals surface area contributed by atoms with Gasteiger partial charge in [-0.25, -0.2) is 4.39 Å². The molecule has 2 rings (SSSR count). The topological polar surface area (TPSA) is 35.2 Å². The molecular formula is C9H8FNOS. The summed E-state index contributed by atoms with van der Waals surface area (Å²) in [7, 11) is 1.56. The van der Waals surface area contributed by atoms with E-state index >= 15 is 0 Å². The summed E-state index contributed by atoms with van der Waals surface area (Å²) in [6.45, 7) is 0. The van der Waals surface area contributed by atoms with Crippen LogP contribution in [0.1, 0.15) is 0 Å². The minimum atomic E-state index is -0.289. The molecule has 0 amide bonds. The quantitative estimate of drug-likeness (QED) is 0.713. The van der Waals surface area contributed by atoms with Gasteiger partial charge < -0.3 is 10.5 Å². The van der Waals surface area contributed by atoms with Gasteiger partial charge in [-0.2, -0.15) is 0 Å². The molecule has 0 bridgehead atoms. The number of halogens is 1. The Morgan fingerprint density at radius 2 is 2.23 bits per heavy atom. The molecule has 0 aliphatic carbocycles. The molecule has 4 heteroatoms. The molecule has 1 aromatic carbocycles. The minimum absolute atomic E-state index is 0.289. The number of methoxy groups -OCH3 is 1. The molecule has 2 N–H and O–H groups in total.